The molecule has 2 heterocycles. The molecule has 1 aromatic heterocycles. The maximum atomic E-state index is 12.2. The smallest absolute Gasteiger partial charge is 0.196 e. The highest BCUT2D eigenvalue weighted by Crippen LogP contribution is 2.42. The van der Waals surface area contributed by atoms with Gasteiger partial charge in [-0.05, 0) is 6.92 Å². The second-order valence-electron chi connectivity index (χ2n) is 6.00. The van der Waals surface area contributed by atoms with Gasteiger partial charge < -0.3 is 39.8 Å². The van der Waals surface area contributed by atoms with E-state index < -0.39 is 54.1 Å². The van der Waals surface area contributed by atoms with Gasteiger partial charge >= 0.3 is 0 Å². The fourth-order valence-corrected chi connectivity index (χ4v) is 3.05. The predicted octanol–water partition coefficient (Wildman–Crippen LogP) is -0.972. The number of aryl methyl sites for hydroxylation is 1. The Hall–Kier alpha value is -2.17. The summed E-state index contributed by atoms with van der Waals surface area (Å²) >= 11 is 0. The summed E-state index contributed by atoms with van der Waals surface area (Å²) in [5.41, 5.74) is -0.959. The van der Waals surface area contributed by atoms with E-state index in [2.05, 4.69) is 0 Å². The van der Waals surface area contributed by atoms with Crippen molar-refractivity contribution in [2.24, 2.45) is 0 Å². The highest BCUT2D eigenvalue weighted by Gasteiger charge is 2.46. The third-order valence-corrected chi connectivity index (χ3v) is 4.30. The second kappa shape index (κ2) is 6.28. The maximum absolute atomic E-state index is 12.2. The number of phenols is 2. The van der Waals surface area contributed by atoms with Gasteiger partial charge in [-0.1, -0.05) is 0 Å². The molecule has 0 unspecified atom stereocenters. The van der Waals surface area contributed by atoms with Gasteiger partial charge in [-0.15, -0.1) is 0 Å². The Bertz CT molecular complexity index is 857. The standard InChI is InChI=1S/C16H18O9/c1-5-2-6(18)10-7(19)3-8(20)11(15(10)24-5)16-14(23)13(22)12(21)9(4-17)25-16/h2-3,9,12-14,16-17,19-23H,4H2,1H3/t9-,12-,13+,14-,16+/m1/s1. The lowest BCUT2D eigenvalue weighted by Gasteiger charge is -2.40. The molecule has 0 bridgehead atoms. The van der Waals surface area contributed by atoms with E-state index in [4.69, 9.17) is 9.15 Å². The summed E-state index contributed by atoms with van der Waals surface area (Å²) in [6, 6.07) is 2.04. The molecule has 25 heavy (non-hydrogen) atoms. The van der Waals surface area contributed by atoms with Gasteiger partial charge in [-0.25, -0.2) is 0 Å². The molecule has 1 saturated heterocycles. The zero-order valence-corrected chi connectivity index (χ0v) is 13.2. The molecule has 3 rings (SSSR count). The summed E-state index contributed by atoms with van der Waals surface area (Å²) < 4.78 is 10.9. The van der Waals surface area contributed by atoms with E-state index in [9.17, 15) is 35.4 Å². The van der Waals surface area contributed by atoms with Crippen LogP contribution in [0.15, 0.2) is 21.3 Å². The lowest BCUT2D eigenvalue weighted by Crippen LogP contribution is -2.55. The molecule has 1 aliphatic rings. The van der Waals surface area contributed by atoms with Crippen LogP contribution in [0.25, 0.3) is 11.0 Å². The lowest BCUT2D eigenvalue weighted by molar-refractivity contribution is -0.231. The average Bonchev–Trinajstić information content (AvgIpc) is 2.53. The van der Waals surface area contributed by atoms with Gasteiger partial charge in [0.2, 0.25) is 0 Å². The Kier molecular flexibility index (Phi) is 4.43. The molecule has 0 spiro atoms. The first-order valence-corrected chi connectivity index (χ1v) is 7.56. The van der Waals surface area contributed by atoms with Gasteiger partial charge in [0.1, 0.15) is 53.2 Å². The molecular weight excluding hydrogens is 336 g/mol. The number of phenolic OH excluding ortho intramolecular Hbond substituents is 2. The predicted molar refractivity (Wildman–Crippen MR) is 83.3 cm³/mol. The molecule has 1 aromatic carbocycles. The van der Waals surface area contributed by atoms with Crippen LogP contribution in [0.3, 0.4) is 0 Å². The minimum atomic E-state index is -1.68. The van der Waals surface area contributed by atoms with Crippen molar-refractivity contribution in [2.75, 3.05) is 6.61 Å². The summed E-state index contributed by atoms with van der Waals surface area (Å²) in [5, 5.41) is 59.3. The molecular formula is C16H18O9. The van der Waals surface area contributed by atoms with Gasteiger partial charge in [0.15, 0.2) is 11.0 Å². The van der Waals surface area contributed by atoms with E-state index in [1.165, 1.54) is 6.92 Å². The van der Waals surface area contributed by atoms with Gasteiger partial charge in [-0.2, -0.15) is 0 Å². The molecule has 1 fully saturated rings. The molecule has 6 N–H and O–H groups in total. The summed E-state index contributed by atoms with van der Waals surface area (Å²) in [6.45, 7) is 0.834. The van der Waals surface area contributed by atoms with E-state index in [-0.39, 0.29) is 22.3 Å². The molecule has 9 nitrogen and oxygen atoms in total. The molecule has 0 amide bonds. The monoisotopic (exact) mass is 354 g/mol. The molecule has 9 heteroatoms. The van der Waals surface area contributed by atoms with Gasteiger partial charge in [-0.3, -0.25) is 4.79 Å². The van der Waals surface area contributed by atoms with E-state index in [0.29, 0.717) is 0 Å². The van der Waals surface area contributed by atoms with Crippen LogP contribution in [0.5, 0.6) is 11.5 Å². The first kappa shape index (κ1) is 17.6. The first-order valence-electron chi connectivity index (χ1n) is 7.56. The number of rotatable bonds is 2. The van der Waals surface area contributed by atoms with Crippen LogP contribution in [0.2, 0.25) is 0 Å². The summed E-state index contributed by atoms with van der Waals surface area (Å²) in [7, 11) is 0. The van der Waals surface area contributed by atoms with Crippen molar-refractivity contribution in [1.29, 1.82) is 0 Å². The number of aromatic hydroxyl groups is 2. The van der Waals surface area contributed by atoms with Crippen molar-refractivity contribution in [2.45, 2.75) is 37.4 Å². The zero-order chi connectivity index (χ0) is 18.5. The van der Waals surface area contributed by atoms with Gasteiger partial charge in [0, 0.05) is 12.1 Å². The Morgan fingerprint density at radius 1 is 1.04 bits per heavy atom. The fourth-order valence-electron chi connectivity index (χ4n) is 3.05. The third kappa shape index (κ3) is 2.75. The molecule has 136 valence electrons. The Morgan fingerprint density at radius 2 is 1.72 bits per heavy atom. The Morgan fingerprint density at radius 3 is 2.36 bits per heavy atom. The second-order valence-corrected chi connectivity index (χ2v) is 6.00. The topological polar surface area (TPSA) is 161 Å². The Balaban J connectivity index is 2.26. The molecule has 2 aromatic rings. The summed E-state index contributed by atoms with van der Waals surface area (Å²) in [6.07, 6.45) is -7.54. The average molecular weight is 354 g/mol. The van der Waals surface area contributed by atoms with Crippen LogP contribution in [-0.2, 0) is 4.74 Å². The van der Waals surface area contributed by atoms with Gasteiger partial charge in [0.25, 0.3) is 0 Å². The van der Waals surface area contributed by atoms with Gasteiger partial charge in [0.05, 0.1) is 12.2 Å². The molecule has 0 saturated carbocycles. The van der Waals surface area contributed by atoms with E-state index in [0.717, 1.165) is 12.1 Å². The van der Waals surface area contributed by atoms with Crippen LogP contribution in [-0.4, -0.2) is 61.7 Å². The summed E-state index contributed by atoms with van der Waals surface area (Å²) in [4.78, 5) is 12.2. The summed E-state index contributed by atoms with van der Waals surface area (Å²) in [5.74, 6) is -0.869. The molecule has 0 aliphatic carbocycles. The van der Waals surface area contributed by atoms with Crippen molar-refractivity contribution < 1.29 is 39.8 Å². The molecule has 5 atom stereocenters. The van der Waals surface area contributed by atoms with Crippen LogP contribution < -0.4 is 5.43 Å². The number of aliphatic hydroxyl groups excluding tert-OH is 4. The number of benzene rings is 1. The number of ether oxygens (including phenoxy) is 1. The largest absolute Gasteiger partial charge is 0.507 e. The minimum Gasteiger partial charge on any atom is -0.507 e. The highest BCUT2D eigenvalue weighted by atomic mass is 16.5. The van der Waals surface area contributed by atoms with Crippen LogP contribution in [0.1, 0.15) is 17.4 Å². The number of fused-ring (bicyclic) bond motifs is 1. The van der Waals surface area contributed by atoms with Crippen LogP contribution in [0, 0.1) is 6.92 Å². The van der Waals surface area contributed by atoms with Crippen molar-refractivity contribution >= 4 is 11.0 Å². The highest BCUT2D eigenvalue weighted by molar-refractivity contribution is 5.88. The fraction of sp³-hybridized carbons (Fsp3) is 0.438. The number of aliphatic hydroxyl groups is 4. The molecule has 0 radical (unpaired) electrons. The van der Waals surface area contributed by atoms with Crippen molar-refractivity contribution in [3.63, 3.8) is 0 Å². The van der Waals surface area contributed by atoms with Crippen molar-refractivity contribution in [1.82, 2.24) is 0 Å². The minimum absolute atomic E-state index is 0.175. The number of hydrogen-bond donors (Lipinski definition) is 6. The normalized spacial score (nSPS) is 29.9. The maximum Gasteiger partial charge on any atom is 0.196 e. The Labute approximate surface area is 141 Å². The van der Waals surface area contributed by atoms with E-state index in [1.54, 1.807) is 0 Å². The molecule has 1 aliphatic heterocycles. The quantitative estimate of drug-likeness (QED) is 0.398. The first-order chi connectivity index (χ1) is 11.8. The van der Waals surface area contributed by atoms with Crippen molar-refractivity contribution in [3.05, 3.63) is 33.7 Å². The zero-order valence-electron chi connectivity index (χ0n) is 13.2. The van der Waals surface area contributed by atoms with Crippen LogP contribution >= 0.6 is 0 Å². The van der Waals surface area contributed by atoms with E-state index in [1.807, 2.05) is 0 Å². The number of hydrogen-bond acceptors (Lipinski definition) is 9. The van der Waals surface area contributed by atoms with Crippen molar-refractivity contribution in [3.8, 4) is 11.5 Å². The SMILES string of the molecule is Cc1cc(=O)c2c(O)cc(O)c([C@@H]3O[C@H](CO)[C@@H](O)[C@H](O)[C@H]3O)c2o1. The third-order valence-electron chi connectivity index (χ3n) is 4.30. The van der Waals surface area contributed by atoms with E-state index >= 15 is 0 Å². The van der Waals surface area contributed by atoms with Crippen LogP contribution in [0.4, 0.5) is 0 Å². The lowest BCUT2D eigenvalue weighted by atomic mass is 9.90.